The molecule has 0 radical (unpaired) electrons. The number of rotatable bonds is 9. The molecule has 0 aromatic heterocycles. The average Bonchev–Trinajstić information content (AvgIpc) is 2.82. The summed E-state index contributed by atoms with van der Waals surface area (Å²) in [4.78, 5) is 0.137. The first-order valence-electron chi connectivity index (χ1n) is 9.45. The number of hydrogen-bond donors (Lipinski definition) is 0. The molecule has 0 aliphatic rings. The molecular formula is C23H25NO6S. The van der Waals surface area contributed by atoms with Crippen molar-refractivity contribution in [1.82, 2.24) is 0 Å². The van der Waals surface area contributed by atoms with Crippen LogP contribution in [0.2, 0.25) is 0 Å². The molecule has 8 heteroatoms. The molecule has 0 aliphatic heterocycles. The van der Waals surface area contributed by atoms with Crippen LogP contribution in [-0.2, 0) is 16.6 Å². The van der Waals surface area contributed by atoms with Gasteiger partial charge in [0.2, 0.25) is 0 Å². The van der Waals surface area contributed by atoms with Crippen molar-refractivity contribution in [2.75, 3.05) is 32.7 Å². The lowest BCUT2D eigenvalue weighted by atomic mass is 10.2. The summed E-state index contributed by atoms with van der Waals surface area (Å²) in [5.74, 6) is 2.10. The lowest BCUT2D eigenvalue weighted by Crippen LogP contribution is -2.30. The first-order valence-corrected chi connectivity index (χ1v) is 10.9. The summed E-state index contributed by atoms with van der Waals surface area (Å²) >= 11 is 0. The zero-order valence-corrected chi connectivity index (χ0v) is 18.7. The molecule has 0 saturated carbocycles. The summed E-state index contributed by atoms with van der Waals surface area (Å²) in [5.41, 5.74) is 1.15. The summed E-state index contributed by atoms with van der Waals surface area (Å²) in [6.45, 7) is 0.0634. The van der Waals surface area contributed by atoms with Gasteiger partial charge >= 0.3 is 0 Å². The van der Waals surface area contributed by atoms with Crippen LogP contribution < -0.4 is 23.3 Å². The zero-order valence-electron chi connectivity index (χ0n) is 17.9. The van der Waals surface area contributed by atoms with Crippen molar-refractivity contribution in [1.29, 1.82) is 0 Å². The largest absolute Gasteiger partial charge is 0.497 e. The standard InChI is InChI=1S/C23H25NO6S/c1-27-19-10-12-20(13-11-19)31(25,26)24(16-17-7-5-6-8-21(17)28-2)18-9-14-22(29-3)23(15-18)30-4/h5-15H,16H2,1-4H3. The third-order valence-corrected chi connectivity index (χ3v) is 6.60. The van der Waals surface area contributed by atoms with Crippen molar-refractivity contribution in [3.05, 3.63) is 72.3 Å². The van der Waals surface area contributed by atoms with Gasteiger partial charge in [-0.15, -0.1) is 0 Å². The van der Waals surface area contributed by atoms with Crippen molar-refractivity contribution in [2.24, 2.45) is 0 Å². The molecule has 0 unspecified atom stereocenters. The molecule has 0 N–H and O–H groups in total. The van der Waals surface area contributed by atoms with Gasteiger partial charge in [0.25, 0.3) is 10.0 Å². The average molecular weight is 444 g/mol. The molecule has 0 fully saturated rings. The Morgan fingerprint density at radius 3 is 1.97 bits per heavy atom. The van der Waals surface area contributed by atoms with E-state index in [4.69, 9.17) is 18.9 Å². The third-order valence-electron chi connectivity index (χ3n) is 4.81. The van der Waals surface area contributed by atoms with Gasteiger partial charge in [-0.3, -0.25) is 4.31 Å². The van der Waals surface area contributed by atoms with Crippen LogP contribution in [0.5, 0.6) is 23.0 Å². The molecule has 0 bridgehead atoms. The highest BCUT2D eigenvalue weighted by molar-refractivity contribution is 7.92. The molecule has 7 nitrogen and oxygen atoms in total. The number of ether oxygens (including phenoxy) is 4. The fourth-order valence-corrected chi connectivity index (χ4v) is 4.59. The minimum absolute atomic E-state index is 0.0634. The van der Waals surface area contributed by atoms with Gasteiger partial charge in [0.1, 0.15) is 11.5 Å². The van der Waals surface area contributed by atoms with Crippen LogP contribution in [0.15, 0.2) is 71.6 Å². The quantitative estimate of drug-likeness (QED) is 0.495. The normalized spacial score (nSPS) is 11.0. The lowest BCUT2D eigenvalue weighted by Gasteiger charge is -2.26. The predicted molar refractivity (Wildman–Crippen MR) is 119 cm³/mol. The molecule has 3 aromatic rings. The Bertz CT molecular complexity index is 1130. The van der Waals surface area contributed by atoms with Crippen LogP contribution in [0.25, 0.3) is 0 Å². The second-order valence-corrected chi connectivity index (χ2v) is 8.40. The lowest BCUT2D eigenvalue weighted by molar-refractivity contribution is 0.355. The van der Waals surface area contributed by atoms with Crippen molar-refractivity contribution in [2.45, 2.75) is 11.4 Å². The third kappa shape index (κ3) is 4.69. The van der Waals surface area contributed by atoms with E-state index in [1.54, 1.807) is 43.5 Å². The Morgan fingerprint density at radius 1 is 0.710 bits per heavy atom. The highest BCUT2D eigenvalue weighted by Gasteiger charge is 2.27. The molecule has 31 heavy (non-hydrogen) atoms. The summed E-state index contributed by atoms with van der Waals surface area (Å²) < 4.78 is 49.9. The van der Waals surface area contributed by atoms with E-state index in [1.165, 1.54) is 37.8 Å². The summed E-state index contributed by atoms with van der Waals surface area (Å²) in [7, 11) is 2.19. The van der Waals surface area contributed by atoms with E-state index >= 15 is 0 Å². The molecule has 3 aromatic carbocycles. The van der Waals surface area contributed by atoms with E-state index < -0.39 is 10.0 Å². The van der Waals surface area contributed by atoms with Crippen molar-refractivity contribution in [3.8, 4) is 23.0 Å². The maximum absolute atomic E-state index is 13.7. The second kappa shape index (κ2) is 9.61. The summed E-state index contributed by atoms with van der Waals surface area (Å²) in [5, 5.41) is 0. The Kier molecular flexibility index (Phi) is 6.91. The van der Waals surface area contributed by atoms with Crippen LogP contribution in [-0.4, -0.2) is 36.9 Å². The molecule has 0 saturated heterocycles. The molecule has 0 atom stereocenters. The van der Waals surface area contributed by atoms with Crippen molar-refractivity contribution >= 4 is 15.7 Å². The second-order valence-electron chi connectivity index (χ2n) is 6.54. The highest BCUT2D eigenvalue weighted by Crippen LogP contribution is 2.35. The molecule has 164 valence electrons. The predicted octanol–water partition coefficient (Wildman–Crippen LogP) is 4.12. The SMILES string of the molecule is COc1ccc(S(=O)(=O)N(Cc2ccccc2OC)c2ccc(OC)c(OC)c2)cc1. The highest BCUT2D eigenvalue weighted by atomic mass is 32.2. The van der Waals surface area contributed by atoms with E-state index in [0.29, 0.717) is 28.7 Å². The number of methoxy groups -OCH3 is 4. The fraction of sp³-hybridized carbons (Fsp3) is 0.217. The Balaban J connectivity index is 2.13. The van der Waals surface area contributed by atoms with Gasteiger partial charge in [-0.25, -0.2) is 8.42 Å². The molecular weight excluding hydrogens is 418 g/mol. The van der Waals surface area contributed by atoms with Crippen LogP contribution >= 0.6 is 0 Å². The minimum Gasteiger partial charge on any atom is -0.497 e. The topological polar surface area (TPSA) is 74.3 Å². The van der Waals surface area contributed by atoms with E-state index in [0.717, 1.165) is 5.56 Å². The van der Waals surface area contributed by atoms with Gasteiger partial charge in [-0.1, -0.05) is 18.2 Å². The molecule has 0 amide bonds. The van der Waals surface area contributed by atoms with Crippen LogP contribution in [0, 0.1) is 0 Å². The van der Waals surface area contributed by atoms with E-state index in [1.807, 2.05) is 18.2 Å². The van der Waals surface area contributed by atoms with Gasteiger partial charge < -0.3 is 18.9 Å². The van der Waals surface area contributed by atoms with E-state index in [-0.39, 0.29) is 11.4 Å². The fourth-order valence-electron chi connectivity index (χ4n) is 3.16. The van der Waals surface area contributed by atoms with E-state index in [9.17, 15) is 8.42 Å². The molecule has 0 heterocycles. The zero-order chi connectivity index (χ0) is 22.4. The first-order chi connectivity index (χ1) is 14.9. The van der Waals surface area contributed by atoms with Crippen molar-refractivity contribution in [3.63, 3.8) is 0 Å². The number of anilines is 1. The number of hydrogen-bond acceptors (Lipinski definition) is 6. The van der Waals surface area contributed by atoms with Gasteiger partial charge in [0.15, 0.2) is 11.5 Å². The monoisotopic (exact) mass is 443 g/mol. The number of sulfonamides is 1. The summed E-state index contributed by atoms with van der Waals surface area (Å²) in [6, 6.07) is 18.5. The molecule has 3 rings (SSSR count). The number of nitrogens with zero attached hydrogens (tertiary/aromatic N) is 1. The first kappa shape index (κ1) is 22.3. The van der Waals surface area contributed by atoms with Gasteiger partial charge in [-0.2, -0.15) is 0 Å². The smallest absolute Gasteiger partial charge is 0.264 e. The number of benzene rings is 3. The van der Waals surface area contributed by atoms with Gasteiger partial charge in [0.05, 0.1) is 45.6 Å². The van der Waals surface area contributed by atoms with Crippen LogP contribution in [0.4, 0.5) is 5.69 Å². The maximum Gasteiger partial charge on any atom is 0.264 e. The Labute approximate surface area is 182 Å². The minimum atomic E-state index is -3.92. The Morgan fingerprint density at radius 2 is 1.35 bits per heavy atom. The Hall–Kier alpha value is -3.39. The van der Waals surface area contributed by atoms with Crippen molar-refractivity contribution < 1.29 is 27.4 Å². The van der Waals surface area contributed by atoms with Gasteiger partial charge in [0, 0.05) is 11.6 Å². The molecule has 0 spiro atoms. The number of para-hydroxylation sites is 1. The van der Waals surface area contributed by atoms with E-state index in [2.05, 4.69) is 0 Å². The maximum atomic E-state index is 13.7. The van der Waals surface area contributed by atoms with Crippen LogP contribution in [0.1, 0.15) is 5.56 Å². The summed E-state index contributed by atoms with van der Waals surface area (Å²) in [6.07, 6.45) is 0. The van der Waals surface area contributed by atoms with Crippen LogP contribution in [0.3, 0.4) is 0 Å². The molecule has 0 aliphatic carbocycles. The van der Waals surface area contributed by atoms with Gasteiger partial charge in [-0.05, 0) is 42.5 Å².